The molecular weight excluding hydrogens is 278 g/mol. The Kier molecular flexibility index (Phi) is 5.94. The molecule has 21 heavy (non-hydrogen) atoms. The number of ether oxygens (including phenoxy) is 1. The SMILES string of the molecule is CCOC(=O)c1nnnn1CC(=O)NC(C(C)=O)C(C)C. The topological polar surface area (TPSA) is 116 Å². The summed E-state index contributed by atoms with van der Waals surface area (Å²) < 4.78 is 5.81. The molecule has 9 heteroatoms. The normalized spacial score (nSPS) is 12.0. The molecular formula is C12H19N5O4. The van der Waals surface area contributed by atoms with Crippen LogP contribution in [0.5, 0.6) is 0 Å². The number of esters is 1. The predicted molar refractivity (Wildman–Crippen MR) is 71.2 cm³/mol. The Morgan fingerprint density at radius 3 is 2.52 bits per heavy atom. The maximum absolute atomic E-state index is 11.9. The van der Waals surface area contributed by atoms with E-state index in [4.69, 9.17) is 4.74 Å². The molecule has 1 unspecified atom stereocenters. The lowest BCUT2D eigenvalue weighted by molar-refractivity contribution is -0.128. The summed E-state index contributed by atoms with van der Waals surface area (Å²) in [5, 5.41) is 13.0. The van der Waals surface area contributed by atoms with Crippen LogP contribution < -0.4 is 5.32 Å². The third-order valence-corrected chi connectivity index (χ3v) is 2.70. The van der Waals surface area contributed by atoms with Gasteiger partial charge < -0.3 is 10.1 Å². The molecule has 1 heterocycles. The summed E-state index contributed by atoms with van der Waals surface area (Å²) in [5.74, 6) is -1.49. The summed E-state index contributed by atoms with van der Waals surface area (Å²) in [6.07, 6.45) is 0. The Hall–Kier alpha value is -2.32. The second kappa shape index (κ2) is 7.46. The molecule has 1 aromatic heterocycles. The molecule has 1 atom stereocenters. The van der Waals surface area contributed by atoms with Crippen LogP contribution in [0.25, 0.3) is 0 Å². The van der Waals surface area contributed by atoms with E-state index in [2.05, 4.69) is 20.8 Å². The summed E-state index contributed by atoms with van der Waals surface area (Å²) in [6, 6.07) is -0.583. The van der Waals surface area contributed by atoms with Crippen LogP contribution in [0.1, 0.15) is 38.3 Å². The lowest BCUT2D eigenvalue weighted by Crippen LogP contribution is -2.45. The van der Waals surface area contributed by atoms with Gasteiger partial charge in [0.05, 0.1) is 12.6 Å². The average molecular weight is 297 g/mol. The van der Waals surface area contributed by atoms with Crippen molar-refractivity contribution in [3.05, 3.63) is 5.82 Å². The fraction of sp³-hybridized carbons (Fsp3) is 0.667. The molecule has 0 spiro atoms. The maximum atomic E-state index is 11.9. The minimum Gasteiger partial charge on any atom is -0.460 e. The zero-order valence-electron chi connectivity index (χ0n) is 12.5. The molecule has 1 rings (SSSR count). The number of nitrogens with one attached hydrogen (secondary N) is 1. The molecule has 9 nitrogen and oxygen atoms in total. The monoisotopic (exact) mass is 297 g/mol. The van der Waals surface area contributed by atoms with Gasteiger partial charge in [0.1, 0.15) is 6.54 Å². The second-order valence-electron chi connectivity index (χ2n) is 4.78. The van der Waals surface area contributed by atoms with Gasteiger partial charge in [0.15, 0.2) is 5.78 Å². The van der Waals surface area contributed by atoms with Gasteiger partial charge >= 0.3 is 5.97 Å². The summed E-state index contributed by atoms with van der Waals surface area (Å²) in [6.45, 7) is 6.63. The zero-order valence-corrected chi connectivity index (χ0v) is 12.5. The van der Waals surface area contributed by atoms with Gasteiger partial charge in [-0.15, -0.1) is 5.10 Å². The number of hydrogen-bond donors (Lipinski definition) is 1. The fourth-order valence-corrected chi connectivity index (χ4v) is 1.75. The molecule has 0 saturated carbocycles. The number of amides is 1. The van der Waals surface area contributed by atoms with E-state index in [-0.39, 0.29) is 30.7 Å². The van der Waals surface area contributed by atoms with Gasteiger partial charge in [-0.05, 0) is 30.2 Å². The number of aromatic nitrogens is 4. The summed E-state index contributed by atoms with van der Waals surface area (Å²) >= 11 is 0. The summed E-state index contributed by atoms with van der Waals surface area (Å²) in [4.78, 5) is 35.0. The van der Waals surface area contributed by atoms with Gasteiger partial charge in [-0.1, -0.05) is 13.8 Å². The number of Topliss-reactive ketones (excluding diaryl/α,β-unsaturated/α-hetero) is 1. The smallest absolute Gasteiger partial charge is 0.378 e. The molecule has 0 radical (unpaired) electrons. The van der Waals surface area contributed by atoms with Gasteiger partial charge in [-0.3, -0.25) is 9.59 Å². The predicted octanol–water partition coefficient (Wildman–Crippen LogP) is -0.420. The van der Waals surface area contributed by atoms with Crippen molar-refractivity contribution in [1.29, 1.82) is 0 Å². The number of carbonyl (C=O) groups is 3. The second-order valence-corrected chi connectivity index (χ2v) is 4.78. The number of tetrazole rings is 1. The Labute approximate surface area is 122 Å². The van der Waals surface area contributed by atoms with Crippen molar-refractivity contribution in [2.24, 2.45) is 5.92 Å². The molecule has 1 N–H and O–H groups in total. The molecule has 0 aliphatic rings. The van der Waals surface area contributed by atoms with Crippen molar-refractivity contribution in [2.75, 3.05) is 6.61 Å². The van der Waals surface area contributed by atoms with Gasteiger partial charge in [-0.2, -0.15) is 0 Å². The van der Waals surface area contributed by atoms with E-state index in [0.717, 1.165) is 4.68 Å². The van der Waals surface area contributed by atoms with Crippen LogP contribution in [0.2, 0.25) is 0 Å². The Morgan fingerprint density at radius 1 is 1.33 bits per heavy atom. The maximum Gasteiger partial charge on any atom is 0.378 e. The Bertz CT molecular complexity index is 525. The van der Waals surface area contributed by atoms with Gasteiger partial charge in [-0.25, -0.2) is 9.48 Å². The van der Waals surface area contributed by atoms with E-state index in [1.165, 1.54) is 6.92 Å². The third-order valence-electron chi connectivity index (χ3n) is 2.70. The van der Waals surface area contributed by atoms with Gasteiger partial charge in [0.25, 0.3) is 5.82 Å². The average Bonchev–Trinajstić information content (AvgIpc) is 2.83. The number of carbonyl (C=O) groups excluding carboxylic acids is 3. The minimum atomic E-state index is -0.706. The van der Waals surface area contributed by atoms with Crippen LogP contribution in [0.3, 0.4) is 0 Å². The zero-order chi connectivity index (χ0) is 16.0. The molecule has 0 saturated heterocycles. The number of ketones is 1. The molecule has 0 fully saturated rings. The highest BCUT2D eigenvalue weighted by atomic mass is 16.5. The quantitative estimate of drug-likeness (QED) is 0.679. The molecule has 0 aliphatic carbocycles. The van der Waals surface area contributed by atoms with Crippen LogP contribution in [-0.4, -0.2) is 50.5 Å². The number of hydrogen-bond acceptors (Lipinski definition) is 7. The van der Waals surface area contributed by atoms with E-state index in [1.54, 1.807) is 6.92 Å². The van der Waals surface area contributed by atoms with Crippen molar-refractivity contribution in [2.45, 2.75) is 40.3 Å². The summed E-state index contributed by atoms with van der Waals surface area (Å²) in [7, 11) is 0. The van der Waals surface area contributed by atoms with Crippen molar-refractivity contribution in [1.82, 2.24) is 25.5 Å². The van der Waals surface area contributed by atoms with Crippen LogP contribution in [0.15, 0.2) is 0 Å². The molecule has 0 aliphatic heterocycles. The molecule has 1 aromatic rings. The molecule has 0 bridgehead atoms. The standard InChI is InChI=1S/C12H19N5O4/c1-5-21-12(20)11-14-15-16-17(11)6-9(19)13-10(7(2)3)8(4)18/h7,10H,5-6H2,1-4H3,(H,13,19). The number of rotatable bonds is 7. The van der Waals surface area contributed by atoms with Crippen molar-refractivity contribution in [3.63, 3.8) is 0 Å². The van der Waals surface area contributed by atoms with Crippen molar-refractivity contribution < 1.29 is 19.1 Å². The lowest BCUT2D eigenvalue weighted by atomic mass is 10.0. The first kappa shape index (κ1) is 16.7. The van der Waals surface area contributed by atoms with Crippen molar-refractivity contribution in [3.8, 4) is 0 Å². The van der Waals surface area contributed by atoms with E-state index in [0.29, 0.717) is 0 Å². The first-order chi connectivity index (χ1) is 9.86. The van der Waals surface area contributed by atoms with E-state index < -0.39 is 17.9 Å². The van der Waals surface area contributed by atoms with E-state index in [9.17, 15) is 14.4 Å². The first-order valence-electron chi connectivity index (χ1n) is 6.59. The van der Waals surface area contributed by atoms with Gasteiger partial charge in [0, 0.05) is 0 Å². The largest absolute Gasteiger partial charge is 0.460 e. The van der Waals surface area contributed by atoms with Crippen LogP contribution in [0.4, 0.5) is 0 Å². The van der Waals surface area contributed by atoms with E-state index >= 15 is 0 Å². The minimum absolute atomic E-state index is 0.0372. The van der Waals surface area contributed by atoms with Crippen LogP contribution >= 0.6 is 0 Å². The summed E-state index contributed by atoms with van der Waals surface area (Å²) in [5.41, 5.74) is 0. The highest BCUT2D eigenvalue weighted by Crippen LogP contribution is 2.03. The lowest BCUT2D eigenvalue weighted by Gasteiger charge is -2.19. The Balaban J connectivity index is 2.73. The fourth-order valence-electron chi connectivity index (χ4n) is 1.75. The Morgan fingerprint density at radius 2 is 2.00 bits per heavy atom. The highest BCUT2D eigenvalue weighted by Gasteiger charge is 2.23. The van der Waals surface area contributed by atoms with Crippen LogP contribution in [0, 0.1) is 5.92 Å². The first-order valence-corrected chi connectivity index (χ1v) is 6.59. The number of nitrogens with zero attached hydrogens (tertiary/aromatic N) is 4. The van der Waals surface area contributed by atoms with Gasteiger partial charge in [0.2, 0.25) is 5.91 Å². The molecule has 116 valence electrons. The highest BCUT2D eigenvalue weighted by molar-refractivity contribution is 5.88. The van der Waals surface area contributed by atoms with Crippen molar-refractivity contribution >= 4 is 17.7 Å². The van der Waals surface area contributed by atoms with Crippen LogP contribution in [-0.2, 0) is 20.9 Å². The molecule has 1 amide bonds. The third kappa shape index (κ3) is 4.62. The molecule has 0 aromatic carbocycles. The van der Waals surface area contributed by atoms with E-state index in [1.807, 2.05) is 13.8 Å².